The Bertz CT molecular complexity index is 883. The molecule has 0 fully saturated rings. The van der Waals surface area contributed by atoms with Crippen molar-refractivity contribution in [1.29, 1.82) is 0 Å². The number of alkyl halides is 3. The molecular formula is C14H7ClF3NO. The first-order valence-electron chi connectivity index (χ1n) is 5.69. The van der Waals surface area contributed by atoms with Gasteiger partial charge < -0.3 is 4.98 Å². The first-order chi connectivity index (χ1) is 9.38. The van der Waals surface area contributed by atoms with Crippen LogP contribution in [0.15, 0.2) is 41.2 Å². The molecule has 0 bridgehead atoms. The Morgan fingerprint density at radius 2 is 1.65 bits per heavy atom. The van der Waals surface area contributed by atoms with Crippen LogP contribution in [0.2, 0.25) is 5.02 Å². The second-order valence-electron chi connectivity index (χ2n) is 4.37. The minimum atomic E-state index is -4.60. The lowest BCUT2D eigenvalue weighted by Crippen LogP contribution is -2.14. The molecule has 20 heavy (non-hydrogen) atoms. The average molecular weight is 298 g/mol. The summed E-state index contributed by atoms with van der Waals surface area (Å²) in [7, 11) is 0. The number of rotatable bonds is 0. The number of hydrogen-bond acceptors (Lipinski definition) is 1. The van der Waals surface area contributed by atoms with Crippen LogP contribution >= 0.6 is 11.6 Å². The van der Waals surface area contributed by atoms with Crippen LogP contribution in [0, 0.1) is 0 Å². The molecule has 1 heterocycles. The summed E-state index contributed by atoms with van der Waals surface area (Å²) in [5.41, 5.74) is -1.63. The van der Waals surface area contributed by atoms with Crippen LogP contribution in [0.25, 0.3) is 21.7 Å². The lowest BCUT2D eigenvalue weighted by atomic mass is 10.1. The zero-order valence-corrected chi connectivity index (χ0v) is 10.6. The van der Waals surface area contributed by atoms with Gasteiger partial charge in [0, 0.05) is 27.2 Å². The Morgan fingerprint density at radius 1 is 1.00 bits per heavy atom. The molecule has 0 atom stereocenters. The summed E-state index contributed by atoms with van der Waals surface area (Å²) in [5, 5.41) is 1.55. The molecular weight excluding hydrogens is 291 g/mol. The van der Waals surface area contributed by atoms with Gasteiger partial charge in [-0.25, -0.2) is 0 Å². The van der Waals surface area contributed by atoms with E-state index in [1.54, 1.807) is 24.3 Å². The third kappa shape index (κ3) is 1.94. The van der Waals surface area contributed by atoms with Gasteiger partial charge in [-0.05, 0) is 6.07 Å². The number of benzene rings is 2. The fourth-order valence-electron chi connectivity index (χ4n) is 2.19. The number of aromatic amines is 1. The third-order valence-corrected chi connectivity index (χ3v) is 3.41. The van der Waals surface area contributed by atoms with E-state index < -0.39 is 17.3 Å². The normalized spacial score (nSPS) is 12.2. The molecule has 0 spiro atoms. The van der Waals surface area contributed by atoms with Crippen molar-refractivity contribution in [3.05, 3.63) is 57.3 Å². The van der Waals surface area contributed by atoms with E-state index in [0.717, 1.165) is 0 Å². The van der Waals surface area contributed by atoms with Crippen molar-refractivity contribution in [3.63, 3.8) is 0 Å². The molecule has 0 amide bonds. The van der Waals surface area contributed by atoms with Gasteiger partial charge in [-0.15, -0.1) is 0 Å². The van der Waals surface area contributed by atoms with Crippen LogP contribution in [0.3, 0.4) is 0 Å². The second-order valence-corrected chi connectivity index (χ2v) is 4.78. The van der Waals surface area contributed by atoms with Gasteiger partial charge in [0.25, 0.3) is 0 Å². The molecule has 2 nitrogen and oxygen atoms in total. The van der Waals surface area contributed by atoms with Crippen LogP contribution < -0.4 is 5.43 Å². The van der Waals surface area contributed by atoms with Gasteiger partial charge in [0.1, 0.15) is 5.69 Å². The van der Waals surface area contributed by atoms with Crippen molar-refractivity contribution in [2.45, 2.75) is 6.18 Å². The number of pyridine rings is 1. The van der Waals surface area contributed by atoms with Crippen molar-refractivity contribution in [3.8, 4) is 0 Å². The molecule has 0 aliphatic carbocycles. The van der Waals surface area contributed by atoms with E-state index in [2.05, 4.69) is 4.98 Å². The van der Waals surface area contributed by atoms with Crippen LogP contribution in [0.1, 0.15) is 5.69 Å². The second kappa shape index (κ2) is 4.24. The summed E-state index contributed by atoms with van der Waals surface area (Å²) < 4.78 is 38.3. The van der Waals surface area contributed by atoms with Gasteiger partial charge in [-0.1, -0.05) is 35.9 Å². The van der Waals surface area contributed by atoms with Crippen LogP contribution in [-0.4, -0.2) is 4.98 Å². The van der Waals surface area contributed by atoms with Crippen molar-refractivity contribution in [2.24, 2.45) is 0 Å². The fraction of sp³-hybridized carbons (Fsp3) is 0.0714. The maximum Gasteiger partial charge on any atom is 0.431 e. The standard InChI is InChI=1S/C14H7ClF3NO/c15-10-5-9-11(20)6-12(14(16,17)18)19-13(9)8-4-2-1-3-7(8)10/h1-6H,(H,19,20). The summed E-state index contributed by atoms with van der Waals surface area (Å²) in [6.07, 6.45) is -4.60. The third-order valence-electron chi connectivity index (χ3n) is 3.10. The van der Waals surface area contributed by atoms with E-state index in [0.29, 0.717) is 21.9 Å². The van der Waals surface area contributed by atoms with Crippen LogP contribution in [0.5, 0.6) is 0 Å². The lowest BCUT2D eigenvalue weighted by Gasteiger charge is -2.10. The molecule has 0 saturated heterocycles. The van der Waals surface area contributed by atoms with Gasteiger partial charge >= 0.3 is 6.18 Å². The molecule has 102 valence electrons. The topological polar surface area (TPSA) is 32.9 Å². The predicted molar refractivity (Wildman–Crippen MR) is 72.1 cm³/mol. The quantitative estimate of drug-likeness (QED) is 0.615. The van der Waals surface area contributed by atoms with E-state index in [-0.39, 0.29) is 10.9 Å². The molecule has 0 saturated carbocycles. The monoisotopic (exact) mass is 297 g/mol. The zero-order valence-electron chi connectivity index (χ0n) is 9.88. The maximum absolute atomic E-state index is 12.8. The van der Waals surface area contributed by atoms with E-state index in [1.807, 2.05) is 0 Å². The molecule has 0 aliphatic heterocycles. The minimum absolute atomic E-state index is 0.140. The molecule has 3 aromatic rings. The molecule has 2 aromatic carbocycles. The molecule has 1 N–H and O–H groups in total. The summed E-state index contributed by atoms with van der Waals surface area (Å²) in [4.78, 5) is 14.2. The van der Waals surface area contributed by atoms with Crippen molar-refractivity contribution in [1.82, 2.24) is 4.98 Å². The first kappa shape index (κ1) is 13.0. The number of aromatic nitrogens is 1. The van der Waals surface area contributed by atoms with E-state index in [1.165, 1.54) is 6.07 Å². The Balaban J connectivity index is 2.55. The van der Waals surface area contributed by atoms with E-state index >= 15 is 0 Å². The highest BCUT2D eigenvalue weighted by atomic mass is 35.5. The smallest absolute Gasteiger partial charge is 0.350 e. The highest BCUT2D eigenvalue weighted by Gasteiger charge is 2.32. The van der Waals surface area contributed by atoms with E-state index in [9.17, 15) is 18.0 Å². The number of H-pyrrole nitrogens is 1. The Labute approximate surface area is 115 Å². The summed E-state index contributed by atoms with van der Waals surface area (Å²) in [5.74, 6) is 0. The minimum Gasteiger partial charge on any atom is -0.350 e. The maximum atomic E-state index is 12.8. The molecule has 0 unspecified atom stereocenters. The summed E-state index contributed by atoms with van der Waals surface area (Å²) in [6.45, 7) is 0. The number of nitrogens with one attached hydrogen (secondary N) is 1. The molecule has 0 radical (unpaired) electrons. The molecule has 6 heteroatoms. The van der Waals surface area contributed by atoms with Gasteiger partial charge in [0.05, 0.1) is 5.52 Å². The number of hydrogen-bond donors (Lipinski definition) is 1. The van der Waals surface area contributed by atoms with Crippen molar-refractivity contribution >= 4 is 33.3 Å². The van der Waals surface area contributed by atoms with Gasteiger partial charge in [-0.2, -0.15) is 13.2 Å². The van der Waals surface area contributed by atoms with Crippen LogP contribution in [-0.2, 0) is 6.18 Å². The van der Waals surface area contributed by atoms with Crippen LogP contribution in [0.4, 0.5) is 13.2 Å². The Hall–Kier alpha value is -2.01. The predicted octanol–water partition coefficient (Wildman–Crippen LogP) is 4.35. The molecule has 0 aliphatic rings. The number of fused-ring (bicyclic) bond motifs is 3. The molecule has 3 rings (SSSR count). The largest absolute Gasteiger partial charge is 0.431 e. The van der Waals surface area contributed by atoms with Crippen molar-refractivity contribution in [2.75, 3.05) is 0 Å². The Kier molecular flexibility index (Phi) is 2.76. The SMILES string of the molecule is O=c1cc(C(F)(F)F)[nH]c2c1cc(Cl)c1ccccc12. The van der Waals surface area contributed by atoms with Gasteiger partial charge in [0.15, 0.2) is 5.43 Å². The zero-order chi connectivity index (χ0) is 14.5. The molecule has 1 aromatic heterocycles. The fourth-order valence-corrected chi connectivity index (χ4v) is 2.47. The van der Waals surface area contributed by atoms with E-state index in [4.69, 9.17) is 11.6 Å². The van der Waals surface area contributed by atoms with Gasteiger partial charge in [0.2, 0.25) is 0 Å². The average Bonchev–Trinajstić information content (AvgIpc) is 2.39. The van der Waals surface area contributed by atoms with Crippen molar-refractivity contribution < 1.29 is 13.2 Å². The lowest BCUT2D eigenvalue weighted by molar-refractivity contribution is -0.141. The number of halogens is 4. The summed E-state index contributed by atoms with van der Waals surface area (Å²) >= 11 is 6.06. The highest BCUT2D eigenvalue weighted by molar-refractivity contribution is 6.37. The first-order valence-corrected chi connectivity index (χ1v) is 6.07. The summed E-state index contributed by atoms with van der Waals surface area (Å²) in [6, 6.07) is 8.66. The highest BCUT2D eigenvalue weighted by Crippen LogP contribution is 2.32. The van der Waals surface area contributed by atoms with Gasteiger partial charge in [-0.3, -0.25) is 4.79 Å². The Morgan fingerprint density at radius 3 is 2.30 bits per heavy atom.